The first-order valence-electron chi connectivity index (χ1n) is 6.27. The van der Waals surface area contributed by atoms with Crippen molar-refractivity contribution >= 4 is 5.97 Å². The van der Waals surface area contributed by atoms with E-state index >= 15 is 0 Å². The summed E-state index contributed by atoms with van der Waals surface area (Å²) < 4.78 is 5.22. The zero-order chi connectivity index (χ0) is 14.3. The van der Waals surface area contributed by atoms with Crippen molar-refractivity contribution in [3.8, 4) is 0 Å². The zero-order valence-corrected chi connectivity index (χ0v) is 11.5. The van der Waals surface area contributed by atoms with Crippen LogP contribution in [-0.4, -0.2) is 61.1 Å². The van der Waals surface area contributed by atoms with Crippen LogP contribution < -0.4 is 0 Å². The number of quaternary nitrogens is 1. The van der Waals surface area contributed by atoms with Crippen LogP contribution in [0.15, 0.2) is 24.3 Å². The van der Waals surface area contributed by atoms with Crippen LogP contribution in [0.25, 0.3) is 0 Å². The van der Waals surface area contributed by atoms with Crippen LogP contribution in [0.4, 0.5) is 0 Å². The van der Waals surface area contributed by atoms with Gasteiger partial charge in [-0.1, -0.05) is 12.1 Å². The summed E-state index contributed by atoms with van der Waals surface area (Å²) in [6, 6.07) is 7.23. The number of nitrogens with zero attached hydrogens (tertiary/aromatic N) is 1. The molecule has 0 fully saturated rings. The molecule has 0 heterocycles. The molecule has 5 nitrogen and oxygen atoms in total. The molecule has 0 spiro atoms. The van der Waals surface area contributed by atoms with Crippen molar-refractivity contribution in [1.82, 2.24) is 0 Å². The molecule has 1 aromatic carbocycles. The molecule has 0 aliphatic carbocycles. The van der Waals surface area contributed by atoms with Gasteiger partial charge < -0.3 is 19.4 Å². The first kappa shape index (κ1) is 15.6. The van der Waals surface area contributed by atoms with Crippen molar-refractivity contribution in [3.05, 3.63) is 35.4 Å². The number of methoxy groups -OCH3 is 1. The van der Waals surface area contributed by atoms with Crippen molar-refractivity contribution in [3.63, 3.8) is 0 Å². The van der Waals surface area contributed by atoms with Gasteiger partial charge in [0, 0.05) is 5.56 Å². The Kier molecular flexibility index (Phi) is 5.95. The third-order valence-electron chi connectivity index (χ3n) is 3.19. The first-order valence-corrected chi connectivity index (χ1v) is 6.27. The van der Waals surface area contributed by atoms with Gasteiger partial charge in [-0.25, -0.2) is 4.79 Å². The SMILES string of the molecule is COC(=O)c1cccc(C[N+](C)(CCO)CCO)c1. The molecule has 0 saturated heterocycles. The van der Waals surface area contributed by atoms with Crippen molar-refractivity contribution in [2.24, 2.45) is 0 Å². The van der Waals surface area contributed by atoms with Gasteiger partial charge in [-0.3, -0.25) is 0 Å². The summed E-state index contributed by atoms with van der Waals surface area (Å²) in [5.74, 6) is -0.361. The Morgan fingerprint density at radius 2 is 1.89 bits per heavy atom. The highest BCUT2D eigenvalue weighted by Gasteiger charge is 2.21. The Labute approximate surface area is 113 Å². The second kappa shape index (κ2) is 7.23. The van der Waals surface area contributed by atoms with E-state index in [-0.39, 0.29) is 19.2 Å². The number of aliphatic hydroxyl groups excluding tert-OH is 2. The molecule has 1 rings (SSSR count). The van der Waals surface area contributed by atoms with E-state index in [2.05, 4.69) is 0 Å². The van der Waals surface area contributed by atoms with Gasteiger partial charge >= 0.3 is 5.97 Å². The number of rotatable bonds is 7. The van der Waals surface area contributed by atoms with Gasteiger partial charge in [0.2, 0.25) is 0 Å². The smallest absolute Gasteiger partial charge is 0.337 e. The second-order valence-electron chi connectivity index (χ2n) is 4.86. The highest BCUT2D eigenvalue weighted by Crippen LogP contribution is 2.14. The number of carbonyl (C=O) groups is 1. The lowest BCUT2D eigenvalue weighted by Gasteiger charge is -2.33. The van der Waals surface area contributed by atoms with E-state index in [1.54, 1.807) is 12.1 Å². The zero-order valence-electron chi connectivity index (χ0n) is 11.5. The number of carbonyl (C=O) groups excluding carboxylic acids is 1. The molecular weight excluding hydrogens is 246 g/mol. The molecule has 0 atom stereocenters. The fraction of sp³-hybridized carbons (Fsp3) is 0.500. The van der Waals surface area contributed by atoms with Gasteiger partial charge in [0.15, 0.2) is 0 Å². The van der Waals surface area contributed by atoms with Crippen molar-refractivity contribution in [2.45, 2.75) is 6.54 Å². The number of benzene rings is 1. The maximum Gasteiger partial charge on any atom is 0.337 e. The van der Waals surface area contributed by atoms with Crippen LogP contribution >= 0.6 is 0 Å². The summed E-state index contributed by atoms with van der Waals surface area (Å²) >= 11 is 0. The number of likely N-dealkylation sites (N-methyl/N-ethyl adjacent to an activating group) is 1. The topological polar surface area (TPSA) is 66.8 Å². The number of aliphatic hydroxyl groups is 2. The van der Waals surface area contributed by atoms with Crippen LogP contribution in [0, 0.1) is 0 Å². The number of ether oxygens (including phenoxy) is 1. The average Bonchev–Trinajstić information content (AvgIpc) is 2.38. The van der Waals surface area contributed by atoms with Crippen molar-refractivity contribution < 1.29 is 24.2 Å². The Hall–Kier alpha value is -1.43. The molecule has 0 radical (unpaired) electrons. The first-order chi connectivity index (χ1) is 9.04. The van der Waals surface area contributed by atoms with Gasteiger partial charge in [0.25, 0.3) is 0 Å². The largest absolute Gasteiger partial charge is 0.465 e. The summed E-state index contributed by atoms with van der Waals surface area (Å²) in [4.78, 5) is 11.5. The van der Waals surface area contributed by atoms with Crippen molar-refractivity contribution in [1.29, 1.82) is 0 Å². The number of esters is 1. The standard InChI is InChI=1S/C14H22NO4/c1-15(6-8-16,7-9-17)11-12-4-3-5-13(10-12)14(18)19-2/h3-5,10,16-17H,6-9,11H2,1-2H3/q+1. The molecule has 0 aromatic heterocycles. The maximum atomic E-state index is 11.5. The lowest BCUT2D eigenvalue weighted by atomic mass is 10.1. The minimum atomic E-state index is -0.361. The second-order valence-corrected chi connectivity index (χ2v) is 4.86. The Balaban J connectivity index is 2.87. The summed E-state index contributed by atoms with van der Waals surface area (Å²) in [6.45, 7) is 1.89. The third kappa shape index (κ3) is 4.63. The molecule has 0 amide bonds. The van der Waals surface area contributed by atoms with E-state index < -0.39 is 0 Å². The van der Waals surface area contributed by atoms with Crippen molar-refractivity contribution in [2.75, 3.05) is 40.5 Å². The van der Waals surface area contributed by atoms with Gasteiger partial charge in [0.05, 0.1) is 32.9 Å². The predicted octanol–water partition coefficient (Wildman–Crippen LogP) is 0.404. The molecule has 0 aliphatic rings. The van der Waals surface area contributed by atoms with E-state index in [0.717, 1.165) is 5.56 Å². The average molecular weight is 268 g/mol. The van der Waals surface area contributed by atoms with Gasteiger partial charge in [-0.2, -0.15) is 0 Å². The van der Waals surface area contributed by atoms with Gasteiger partial charge in [0.1, 0.15) is 19.6 Å². The molecule has 2 N–H and O–H groups in total. The fourth-order valence-corrected chi connectivity index (χ4v) is 2.11. The van der Waals surface area contributed by atoms with Crippen LogP contribution in [0.1, 0.15) is 15.9 Å². The molecule has 1 aromatic rings. The van der Waals surface area contributed by atoms with E-state index in [0.29, 0.717) is 29.7 Å². The van der Waals surface area contributed by atoms with Crippen LogP contribution in [0.2, 0.25) is 0 Å². The number of hydrogen-bond donors (Lipinski definition) is 2. The van der Waals surface area contributed by atoms with Gasteiger partial charge in [-0.05, 0) is 12.1 Å². The Morgan fingerprint density at radius 1 is 1.26 bits per heavy atom. The lowest BCUT2D eigenvalue weighted by molar-refractivity contribution is -0.923. The molecular formula is C14H22NO4+. The molecule has 0 saturated carbocycles. The van der Waals surface area contributed by atoms with E-state index in [9.17, 15) is 4.79 Å². The minimum Gasteiger partial charge on any atom is -0.465 e. The van der Waals surface area contributed by atoms with Crippen LogP contribution in [0.3, 0.4) is 0 Å². The van der Waals surface area contributed by atoms with E-state index in [4.69, 9.17) is 14.9 Å². The maximum absolute atomic E-state index is 11.5. The summed E-state index contributed by atoms with van der Waals surface area (Å²) in [5, 5.41) is 18.2. The van der Waals surface area contributed by atoms with E-state index in [1.807, 2.05) is 19.2 Å². The molecule has 19 heavy (non-hydrogen) atoms. The minimum absolute atomic E-state index is 0.0627. The monoisotopic (exact) mass is 268 g/mol. The summed E-state index contributed by atoms with van der Waals surface area (Å²) in [7, 11) is 3.32. The Morgan fingerprint density at radius 3 is 2.42 bits per heavy atom. The van der Waals surface area contributed by atoms with Gasteiger partial charge in [-0.15, -0.1) is 0 Å². The molecule has 5 heteroatoms. The predicted molar refractivity (Wildman–Crippen MR) is 71.6 cm³/mol. The highest BCUT2D eigenvalue weighted by atomic mass is 16.5. The normalized spacial score (nSPS) is 11.4. The summed E-state index contributed by atoms with van der Waals surface area (Å²) in [6.07, 6.45) is 0. The molecule has 106 valence electrons. The molecule has 0 unspecified atom stereocenters. The highest BCUT2D eigenvalue weighted by molar-refractivity contribution is 5.89. The quantitative estimate of drug-likeness (QED) is 0.555. The fourth-order valence-electron chi connectivity index (χ4n) is 2.11. The third-order valence-corrected chi connectivity index (χ3v) is 3.19. The number of hydrogen-bond acceptors (Lipinski definition) is 4. The van der Waals surface area contributed by atoms with Crippen LogP contribution in [0.5, 0.6) is 0 Å². The van der Waals surface area contributed by atoms with Crippen LogP contribution in [-0.2, 0) is 11.3 Å². The molecule has 0 aliphatic heterocycles. The Bertz CT molecular complexity index is 414. The molecule has 0 bridgehead atoms. The summed E-state index contributed by atoms with van der Waals surface area (Å²) in [5.41, 5.74) is 1.49. The lowest BCUT2D eigenvalue weighted by Crippen LogP contribution is -2.47. The van der Waals surface area contributed by atoms with E-state index in [1.165, 1.54) is 7.11 Å².